The van der Waals surface area contributed by atoms with Gasteiger partial charge in [0.15, 0.2) is 0 Å². The number of fused-ring (bicyclic) bond motifs is 1. The van der Waals surface area contributed by atoms with Crippen molar-refractivity contribution in [1.82, 2.24) is 19.9 Å². The van der Waals surface area contributed by atoms with Gasteiger partial charge >= 0.3 is 0 Å². The first-order valence-electron chi connectivity index (χ1n) is 7.98. The number of halogens is 1. The number of aromatic nitrogens is 4. The summed E-state index contributed by atoms with van der Waals surface area (Å²) in [5, 5.41) is 5.08. The van der Waals surface area contributed by atoms with E-state index >= 15 is 0 Å². The maximum atomic E-state index is 5.89. The zero-order valence-corrected chi connectivity index (χ0v) is 14.2. The van der Waals surface area contributed by atoms with E-state index in [1.165, 1.54) is 5.56 Å². The Bertz CT molecular complexity index is 977. The lowest BCUT2D eigenvalue weighted by atomic mass is 10.1. The minimum atomic E-state index is 0.610. The number of nitrogens with one attached hydrogen (secondary N) is 2. The number of hydrogen-bond donors (Lipinski definition) is 2. The zero-order chi connectivity index (χ0) is 17.1. The summed E-state index contributed by atoms with van der Waals surface area (Å²) in [5.74, 6) is 0.610. The van der Waals surface area contributed by atoms with Gasteiger partial charge in [-0.15, -0.1) is 0 Å². The van der Waals surface area contributed by atoms with Crippen LogP contribution in [0.25, 0.3) is 11.0 Å². The van der Waals surface area contributed by atoms with Crippen LogP contribution in [0, 0.1) is 0 Å². The Morgan fingerprint density at radius 2 is 1.76 bits per heavy atom. The number of benzene rings is 1. The summed E-state index contributed by atoms with van der Waals surface area (Å²) in [7, 11) is 0. The highest BCUT2D eigenvalue weighted by Crippen LogP contribution is 2.19. The van der Waals surface area contributed by atoms with E-state index in [0.717, 1.165) is 33.6 Å². The van der Waals surface area contributed by atoms with E-state index in [2.05, 4.69) is 31.3 Å². The molecule has 5 nitrogen and oxygen atoms in total. The Morgan fingerprint density at radius 1 is 0.960 bits per heavy atom. The number of H-pyrrole nitrogens is 1. The van der Waals surface area contributed by atoms with Crippen LogP contribution in [0.15, 0.2) is 61.2 Å². The molecule has 0 saturated heterocycles. The monoisotopic (exact) mass is 349 g/mol. The van der Waals surface area contributed by atoms with Gasteiger partial charge in [0.1, 0.15) is 5.65 Å². The normalized spacial score (nSPS) is 10.9. The number of rotatable bonds is 5. The second-order valence-corrected chi connectivity index (χ2v) is 6.22. The van der Waals surface area contributed by atoms with Gasteiger partial charge in [-0.2, -0.15) is 0 Å². The van der Waals surface area contributed by atoms with Crippen LogP contribution in [0.4, 0.5) is 5.95 Å². The van der Waals surface area contributed by atoms with Crippen molar-refractivity contribution in [3.05, 3.63) is 82.9 Å². The van der Waals surface area contributed by atoms with E-state index in [1.54, 1.807) is 6.20 Å². The van der Waals surface area contributed by atoms with Crippen molar-refractivity contribution >= 4 is 28.6 Å². The third kappa shape index (κ3) is 3.61. The van der Waals surface area contributed by atoms with Crippen LogP contribution >= 0.6 is 11.6 Å². The van der Waals surface area contributed by atoms with Crippen molar-refractivity contribution in [1.29, 1.82) is 0 Å². The Hall–Kier alpha value is -2.92. The summed E-state index contributed by atoms with van der Waals surface area (Å²) in [5.41, 5.74) is 4.28. The van der Waals surface area contributed by atoms with Crippen LogP contribution in [0.1, 0.15) is 16.7 Å². The molecule has 4 rings (SSSR count). The average Bonchev–Trinajstić information content (AvgIpc) is 3.06. The van der Waals surface area contributed by atoms with E-state index in [-0.39, 0.29) is 0 Å². The minimum absolute atomic E-state index is 0.610. The second-order valence-electron chi connectivity index (χ2n) is 5.79. The van der Waals surface area contributed by atoms with Gasteiger partial charge in [-0.1, -0.05) is 23.7 Å². The molecule has 25 heavy (non-hydrogen) atoms. The fourth-order valence-electron chi connectivity index (χ4n) is 2.70. The molecule has 0 aliphatic carbocycles. The Morgan fingerprint density at radius 3 is 2.56 bits per heavy atom. The lowest BCUT2D eigenvalue weighted by Crippen LogP contribution is -2.04. The molecule has 0 saturated carbocycles. The van der Waals surface area contributed by atoms with Gasteiger partial charge in [0.05, 0.1) is 0 Å². The van der Waals surface area contributed by atoms with E-state index in [0.29, 0.717) is 12.5 Å². The van der Waals surface area contributed by atoms with Crippen LogP contribution in [0.3, 0.4) is 0 Å². The molecular formula is C19H16ClN5. The molecule has 1 aromatic carbocycles. The molecule has 6 heteroatoms. The molecule has 0 fully saturated rings. The maximum absolute atomic E-state index is 5.89. The van der Waals surface area contributed by atoms with Crippen molar-refractivity contribution in [3.8, 4) is 0 Å². The van der Waals surface area contributed by atoms with Crippen LogP contribution in [0.2, 0.25) is 5.02 Å². The third-order valence-corrected chi connectivity index (χ3v) is 4.25. The number of hydrogen-bond acceptors (Lipinski definition) is 4. The quantitative estimate of drug-likeness (QED) is 0.566. The molecule has 0 spiro atoms. The van der Waals surface area contributed by atoms with E-state index in [4.69, 9.17) is 11.6 Å². The van der Waals surface area contributed by atoms with E-state index in [1.807, 2.05) is 48.9 Å². The SMILES string of the molecule is Clc1ccc(CNc2ncc(Cc3c[nH]c4ncccc34)cn2)cc1. The van der Waals surface area contributed by atoms with E-state index < -0.39 is 0 Å². The Kier molecular flexibility index (Phi) is 4.31. The standard InChI is InChI=1S/C19H16ClN5/c20-16-5-3-13(4-6-16)9-23-19-24-10-14(11-25-19)8-15-12-22-18-17(15)2-1-7-21-18/h1-7,10-12H,8-9H2,(H,21,22)(H,23,24,25). The van der Waals surface area contributed by atoms with Gasteiger partial charge < -0.3 is 10.3 Å². The first-order valence-corrected chi connectivity index (χ1v) is 8.36. The summed E-state index contributed by atoms with van der Waals surface area (Å²) < 4.78 is 0. The zero-order valence-electron chi connectivity index (χ0n) is 13.4. The molecule has 2 N–H and O–H groups in total. The lowest BCUT2D eigenvalue weighted by molar-refractivity contribution is 1.02. The van der Waals surface area contributed by atoms with Crippen LogP contribution in [-0.2, 0) is 13.0 Å². The van der Waals surface area contributed by atoms with Gasteiger partial charge in [-0.3, -0.25) is 0 Å². The van der Waals surface area contributed by atoms with Gasteiger partial charge in [-0.25, -0.2) is 15.0 Å². The molecule has 0 amide bonds. The van der Waals surface area contributed by atoms with Gasteiger partial charge in [-0.05, 0) is 41.0 Å². The summed E-state index contributed by atoms with van der Waals surface area (Å²) in [6.45, 7) is 0.657. The first-order chi connectivity index (χ1) is 12.3. The van der Waals surface area contributed by atoms with Crippen molar-refractivity contribution in [2.45, 2.75) is 13.0 Å². The fourth-order valence-corrected chi connectivity index (χ4v) is 2.83. The van der Waals surface area contributed by atoms with Crippen molar-refractivity contribution in [2.75, 3.05) is 5.32 Å². The molecule has 4 aromatic rings. The predicted molar refractivity (Wildman–Crippen MR) is 99.7 cm³/mol. The molecule has 0 unspecified atom stereocenters. The summed E-state index contributed by atoms with van der Waals surface area (Å²) in [4.78, 5) is 16.3. The van der Waals surface area contributed by atoms with E-state index in [9.17, 15) is 0 Å². The average molecular weight is 350 g/mol. The molecule has 0 aliphatic rings. The molecule has 0 bridgehead atoms. The minimum Gasteiger partial charge on any atom is -0.350 e. The summed E-state index contributed by atoms with van der Waals surface area (Å²) >= 11 is 5.89. The summed E-state index contributed by atoms with van der Waals surface area (Å²) in [6.07, 6.45) is 8.25. The fraction of sp³-hybridized carbons (Fsp3) is 0.105. The molecule has 3 heterocycles. The molecule has 3 aromatic heterocycles. The number of pyridine rings is 1. The van der Waals surface area contributed by atoms with Crippen LogP contribution in [-0.4, -0.2) is 19.9 Å². The Labute approximate surface area is 150 Å². The number of nitrogens with zero attached hydrogens (tertiary/aromatic N) is 3. The second kappa shape index (κ2) is 6.91. The number of aromatic amines is 1. The van der Waals surface area contributed by atoms with Gasteiger partial charge in [0.2, 0.25) is 5.95 Å². The van der Waals surface area contributed by atoms with Gasteiger partial charge in [0, 0.05) is 48.2 Å². The summed E-state index contributed by atoms with van der Waals surface area (Å²) in [6, 6.07) is 11.7. The first kappa shape index (κ1) is 15.6. The third-order valence-electron chi connectivity index (χ3n) is 4.00. The van der Waals surface area contributed by atoms with Crippen LogP contribution in [0.5, 0.6) is 0 Å². The molecule has 124 valence electrons. The van der Waals surface area contributed by atoms with Gasteiger partial charge in [0.25, 0.3) is 0 Å². The highest BCUT2D eigenvalue weighted by Gasteiger charge is 2.06. The molecule has 0 atom stereocenters. The molecule has 0 aliphatic heterocycles. The topological polar surface area (TPSA) is 66.5 Å². The maximum Gasteiger partial charge on any atom is 0.222 e. The van der Waals surface area contributed by atoms with Crippen LogP contribution < -0.4 is 5.32 Å². The Balaban J connectivity index is 1.42. The highest BCUT2D eigenvalue weighted by molar-refractivity contribution is 6.30. The highest BCUT2D eigenvalue weighted by atomic mass is 35.5. The van der Waals surface area contributed by atoms with Crippen molar-refractivity contribution in [3.63, 3.8) is 0 Å². The molecule has 0 radical (unpaired) electrons. The van der Waals surface area contributed by atoms with Crippen molar-refractivity contribution in [2.24, 2.45) is 0 Å². The smallest absolute Gasteiger partial charge is 0.222 e. The lowest BCUT2D eigenvalue weighted by Gasteiger charge is -2.06. The van der Waals surface area contributed by atoms with Crippen molar-refractivity contribution < 1.29 is 0 Å². The molecular weight excluding hydrogens is 334 g/mol. The predicted octanol–water partition coefficient (Wildman–Crippen LogP) is 4.21. The largest absolute Gasteiger partial charge is 0.350 e. The number of anilines is 1.